The Hall–Kier alpha value is -3.93. The first-order valence-electron chi connectivity index (χ1n) is 9.85. The van der Waals surface area contributed by atoms with Crippen LogP contribution in [0.1, 0.15) is 21.5 Å². The van der Waals surface area contributed by atoms with Gasteiger partial charge in [-0.2, -0.15) is 5.26 Å². The normalized spacial score (nSPS) is 11.7. The summed E-state index contributed by atoms with van der Waals surface area (Å²) in [7, 11) is 0.860. The predicted molar refractivity (Wildman–Crippen MR) is 125 cm³/mol. The van der Waals surface area contributed by atoms with Crippen LogP contribution in [0.25, 0.3) is 11.6 Å². The lowest BCUT2D eigenvalue weighted by Crippen LogP contribution is -2.22. The van der Waals surface area contributed by atoms with Crippen LogP contribution >= 0.6 is 0 Å². The van der Waals surface area contributed by atoms with Gasteiger partial charge < -0.3 is 9.47 Å². The zero-order valence-corrected chi connectivity index (χ0v) is 19.2. The Balaban J connectivity index is 1.78. The summed E-state index contributed by atoms with van der Waals surface area (Å²) < 4.78 is 36.0. The Bertz CT molecular complexity index is 1320. The molecule has 0 spiro atoms. The number of sulfonamides is 1. The zero-order chi connectivity index (χ0) is 24.0. The molecule has 0 fully saturated rings. The summed E-state index contributed by atoms with van der Waals surface area (Å²) in [6.07, 6.45) is 1.69. The summed E-state index contributed by atoms with van der Waals surface area (Å²) in [6, 6.07) is 21.6. The molecular weight excluding hydrogens is 440 g/mol. The van der Waals surface area contributed by atoms with Gasteiger partial charge in [0.1, 0.15) is 11.5 Å². The van der Waals surface area contributed by atoms with Crippen LogP contribution in [0.3, 0.4) is 0 Å². The van der Waals surface area contributed by atoms with Crippen LogP contribution in [0, 0.1) is 11.3 Å². The minimum absolute atomic E-state index is 0.0822. The van der Waals surface area contributed by atoms with Crippen molar-refractivity contribution >= 4 is 27.6 Å². The summed E-state index contributed by atoms with van der Waals surface area (Å²) in [5, 5.41) is 9.56. The lowest BCUT2D eigenvalue weighted by Gasteiger charge is -2.11. The highest BCUT2D eigenvalue weighted by Crippen LogP contribution is 2.23. The van der Waals surface area contributed by atoms with E-state index in [1.54, 1.807) is 61.7 Å². The minimum atomic E-state index is -3.58. The van der Waals surface area contributed by atoms with Gasteiger partial charge in [0.25, 0.3) is 0 Å². The Morgan fingerprint density at radius 2 is 1.58 bits per heavy atom. The van der Waals surface area contributed by atoms with Crippen molar-refractivity contribution in [3.05, 3.63) is 89.5 Å². The number of benzene rings is 3. The third-order valence-corrected chi connectivity index (χ3v) is 6.60. The smallest absolute Gasteiger partial charge is 0.343 e. The predicted octanol–water partition coefficient (Wildman–Crippen LogP) is 4.23. The summed E-state index contributed by atoms with van der Waals surface area (Å²) in [5.74, 6) is 0.364. The molecule has 0 unspecified atom stereocenters. The molecule has 0 N–H and O–H groups in total. The van der Waals surface area contributed by atoms with Crippen molar-refractivity contribution in [1.82, 2.24) is 4.31 Å². The largest absolute Gasteiger partial charge is 0.497 e. The van der Waals surface area contributed by atoms with Crippen molar-refractivity contribution in [2.24, 2.45) is 0 Å². The summed E-state index contributed by atoms with van der Waals surface area (Å²) in [4.78, 5) is 12.6. The number of rotatable bonds is 7. The standard InChI is InChI=1S/C25H22N2O5S/c1-27(2)33(29,30)24-13-9-20(10-14-24)25(28)32-23-6-4-5-18(16-23)15-21(17-26)19-7-11-22(31-3)12-8-19/h4-16H,1-3H3/b21-15-. The first kappa shape index (κ1) is 23.7. The Kier molecular flexibility index (Phi) is 7.28. The van der Waals surface area contributed by atoms with E-state index in [2.05, 4.69) is 6.07 Å². The number of hydrogen-bond acceptors (Lipinski definition) is 6. The number of ether oxygens (including phenoxy) is 2. The van der Waals surface area contributed by atoms with E-state index in [9.17, 15) is 18.5 Å². The van der Waals surface area contributed by atoms with E-state index in [1.807, 2.05) is 0 Å². The van der Waals surface area contributed by atoms with Gasteiger partial charge in [0.05, 0.1) is 29.2 Å². The maximum Gasteiger partial charge on any atom is 0.343 e. The van der Waals surface area contributed by atoms with Crippen LogP contribution in [0.2, 0.25) is 0 Å². The van der Waals surface area contributed by atoms with Crippen molar-refractivity contribution in [1.29, 1.82) is 5.26 Å². The zero-order valence-electron chi connectivity index (χ0n) is 18.3. The molecule has 0 aromatic heterocycles. The van der Waals surface area contributed by atoms with Gasteiger partial charge in [-0.15, -0.1) is 0 Å². The van der Waals surface area contributed by atoms with Gasteiger partial charge in [-0.25, -0.2) is 17.5 Å². The van der Waals surface area contributed by atoms with E-state index in [0.29, 0.717) is 22.6 Å². The van der Waals surface area contributed by atoms with Crippen molar-refractivity contribution in [3.63, 3.8) is 0 Å². The van der Waals surface area contributed by atoms with Crippen LogP contribution < -0.4 is 9.47 Å². The second kappa shape index (κ2) is 10.1. The SMILES string of the molecule is COc1ccc(/C(C#N)=C\c2cccc(OC(=O)c3ccc(S(=O)(=O)N(C)C)cc3)c2)cc1. The molecule has 8 heteroatoms. The van der Waals surface area contributed by atoms with Gasteiger partial charge >= 0.3 is 5.97 Å². The van der Waals surface area contributed by atoms with E-state index in [-0.39, 0.29) is 10.5 Å². The highest BCUT2D eigenvalue weighted by molar-refractivity contribution is 7.89. The number of methoxy groups -OCH3 is 1. The van der Waals surface area contributed by atoms with E-state index >= 15 is 0 Å². The number of carbonyl (C=O) groups is 1. The molecule has 3 aromatic rings. The molecule has 0 atom stereocenters. The van der Waals surface area contributed by atoms with Gasteiger partial charge in [0.15, 0.2) is 0 Å². The van der Waals surface area contributed by atoms with Crippen LogP contribution in [0.5, 0.6) is 11.5 Å². The van der Waals surface area contributed by atoms with Gasteiger partial charge in [-0.05, 0) is 77.9 Å². The number of nitriles is 1. The van der Waals surface area contributed by atoms with E-state index in [0.717, 1.165) is 9.87 Å². The number of allylic oxidation sites excluding steroid dienone is 1. The van der Waals surface area contributed by atoms with Crippen LogP contribution in [-0.4, -0.2) is 39.9 Å². The molecule has 0 saturated heterocycles. The Morgan fingerprint density at radius 3 is 2.15 bits per heavy atom. The molecular formula is C25H22N2O5S. The van der Waals surface area contributed by atoms with Crippen LogP contribution in [0.4, 0.5) is 0 Å². The van der Waals surface area contributed by atoms with Gasteiger partial charge in [0.2, 0.25) is 10.0 Å². The molecule has 0 aliphatic carbocycles. The highest BCUT2D eigenvalue weighted by atomic mass is 32.2. The van der Waals surface area contributed by atoms with Crippen molar-refractivity contribution in [2.75, 3.05) is 21.2 Å². The van der Waals surface area contributed by atoms with Crippen molar-refractivity contribution in [2.45, 2.75) is 4.90 Å². The third kappa shape index (κ3) is 5.66. The summed E-state index contributed by atoms with van der Waals surface area (Å²) in [6.45, 7) is 0. The average molecular weight is 463 g/mol. The quantitative estimate of drug-likeness (QED) is 0.226. The molecule has 0 bridgehead atoms. The van der Waals surface area contributed by atoms with E-state index in [4.69, 9.17) is 9.47 Å². The molecule has 3 aromatic carbocycles. The molecule has 7 nitrogen and oxygen atoms in total. The van der Waals surface area contributed by atoms with Gasteiger partial charge in [-0.1, -0.05) is 12.1 Å². The molecule has 0 heterocycles. The second-order valence-electron chi connectivity index (χ2n) is 7.17. The molecule has 33 heavy (non-hydrogen) atoms. The molecule has 0 saturated carbocycles. The Morgan fingerprint density at radius 1 is 0.939 bits per heavy atom. The number of esters is 1. The number of nitrogens with zero attached hydrogens (tertiary/aromatic N) is 2. The molecule has 0 amide bonds. The lowest BCUT2D eigenvalue weighted by molar-refractivity contribution is 0.0734. The fraction of sp³-hybridized carbons (Fsp3) is 0.120. The molecule has 168 valence electrons. The first-order valence-corrected chi connectivity index (χ1v) is 11.3. The van der Waals surface area contributed by atoms with Crippen molar-refractivity contribution in [3.8, 4) is 17.6 Å². The lowest BCUT2D eigenvalue weighted by atomic mass is 10.0. The van der Waals surface area contributed by atoms with Gasteiger partial charge in [0, 0.05) is 14.1 Å². The van der Waals surface area contributed by atoms with E-state index < -0.39 is 16.0 Å². The Labute approximate surface area is 193 Å². The third-order valence-electron chi connectivity index (χ3n) is 4.77. The monoisotopic (exact) mass is 462 g/mol. The fourth-order valence-corrected chi connectivity index (χ4v) is 3.83. The summed E-state index contributed by atoms with van der Waals surface area (Å²) >= 11 is 0. The van der Waals surface area contributed by atoms with Gasteiger partial charge in [-0.3, -0.25) is 0 Å². The second-order valence-corrected chi connectivity index (χ2v) is 9.32. The number of carbonyl (C=O) groups excluding carboxylic acids is 1. The molecule has 0 aliphatic heterocycles. The topological polar surface area (TPSA) is 96.7 Å². The first-order chi connectivity index (χ1) is 15.7. The van der Waals surface area contributed by atoms with Crippen LogP contribution in [-0.2, 0) is 10.0 Å². The molecule has 0 aliphatic rings. The fourth-order valence-electron chi connectivity index (χ4n) is 2.92. The summed E-state index contributed by atoms with van der Waals surface area (Å²) in [5.41, 5.74) is 2.07. The number of hydrogen-bond donors (Lipinski definition) is 0. The minimum Gasteiger partial charge on any atom is -0.497 e. The maximum absolute atomic E-state index is 12.5. The molecule has 0 radical (unpaired) electrons. The van der Waals surface area contributed by atoms with Crippen molar-refractivity contribution < 1.29 is 22.7 Å². The van der Waals surface area contributed by atoms with E-state index in [1.165, 1.54) is 38.4 Å². The average Bonchev–Trinajstić information content (AvgIpc) is 2.83. The van der Waals surface area contributed by atoms with Crippen LogP contribution in [0.15, 0.2) is 77.7 Å². The molecule has 3 rings (SSSR count). The highest BCUT2D eigenvalue weighted by Gasteiger charge is 2.18. The maximum atomic E-state index is 12.5.